The first-order valence-electron chi connectivity index (χ1n) is 12.7. The molecular formula is C29H29Cl2FN4O4. The molecule has 0 bridgehead atoms. The molecule has 2 fully saturated rings. The Bertz CT molecular complexity index is 1360. The summed E-state index contributed by atoms with van der Waals surface area (Å²) in [5.74, 6) is -4.32. The van der Waals surface area contributed by atoms with Crippen molar-refractivity contribution in [3.8, 4) is 0 Å². The standard InChI is InChI=1S/C29H29Cl2FN4O4/c1-17(30)33-13-12-24(32)25-23(28(38)35(2)22-10-8-19(9-11-22)29(39)40)16-36(15-18-6-7-18)26(25)27(37)34-21-5-3-4-20(31)14-21/h3-5,8-14,18,23,25-26H,1,6-7,15-16H2,2H3,(H,34,37)(H,39,40)/b24-12-,33-13-/t23-,25?,26?/m1/s1. The number of likely N-dealkylation sites (tertiary alicyclic amines) is 1. The van der Waals surface area contributed by atoms with Crippen LogP contribution in [-0.2, 0) is 9.59 Å². The number of aromatic carboxylic acids is 1. The number of halogens is 3. The number of hydrogen-bond acceptors (Lipinski definition) is 5. The van der Waals surface area contributed by atoms with Crippen molar-refractivity contribution in [2.75, 3.05) is 30.4 Å². The number of carbonyl (C=O) groups excluding carboxylic acids is 2. The van der Waals surface area contributed by atoms with E-state index >= 15 is 4.39 Å². The number of carboxylic acids is 1. The number of anilines is 2. The highest BCUT2D eigenvalue weighted by molar-refractivity contribution is 6.31. The van der Waals surface area contributed by atoms with E-state index in [9.17, 15) is 19.5 Å². The van der Waals surface area contributed by atoms with Crippen molar-refractivity contribution in [3.05, 3.63) is 82.8 Å². The van der Waals surface area contributed by atoms with Gasteiger partial charge in [0.05, 0.1) is 17.5 Å². The normalized spacial score (nSPS) is 21.4. The first-order valence-corrected chi connectivity index (χ1v) is 13.5. The Hall–Kier alpha value is -3.53. The third-order valence-electron chi connectivity index (χ3n) is 7.06. The minimum absolute atomic E-state index is 0.0433. The van der Waals surface area contributed by atoms with Gasteiger partial charge in [0.15, 0.2) is 0 Å². The van der Waals surface area contributed by atoms with E-state index in [0.29, 0.717) is 28.9 Å². The van der Waals surface area contributed by atoms with Crippen molar-refractivity contribution in [2.45, 2.75) is 18.9 Å². The van der Waals surface area contributed by atoms with Gasteiger partial charge in [-0.1, -0.05) is 35.8 Å². The Morgan fingerprint density at radius 2 is 1.93 bits per heavy atom. The van der Waals surface area contributed by atoms with Gasteiger partial charge in [-0.05, 0) is 67.3 Å². The second kappa shape index (κ2) is 12.8. The Labute approximate surface area is 241 Å². The summed E-state index contributed by atoms with van der Waals surface area (Å²) in [4.78, 5) is 45.8. The van der Waals surface area contributed by atoms with Crippen molar-refractivity contribution in [1.82, 2.24) is 4.90 Å². The largest absolute Gasteiger partial charge is 0.478 e. The minimum atomic E-state index is -1.12. The van der Waals surface area contributed by atoms with Crippen LogP contribution in [0.2, 0.25) is 5.02 Å². The molecule has 2 unspecified atom stereocenters. The van der Waals surface area contributed by atoms with Crippen molar-refractivity contribution < 1.29 is 23.9 Å². The third kappa shape index (κ3) is 7.15. The molecule has 2 aliphatic rings. The van der Waals surface area contributed by atoms with Crippen molar-refractivity contribution in [1.29, 1.82) is 0 Å². The monoisotopic (exact) mass is 586 g/mol. The molecule has 2 amide bonds. The van der Waals surface area contributed by atoms with Crippen LogP contribution in [0.1, 0.15) is 23.2 Å². The van der Waals surface area contributed by atoms with Crippen LogP contribution in [0.15, 0.2) is 77.2 Å². The average molecular weight is 587 g/mol. The lowest BCUT2D eigenvalue weighted by molar-refractivity contribution is -0.123. The van der Waals surface area contributed by atoms with Crippen molar-refractivity contribution in [2.24, 2.45) is 22.7 Å². The van der Waals surface area contributed by atoms with E-state index in [2.05, 4.69) is 16.9 Å². The Morgan fingerprint density at radius 1 is 1.23 bits per heavy atom. The molecule has 8 nitrogen and oxygen atoms in total. The minimum Gasteiger partial charge on any atom is -0.478 e. The molecule has 0 radical (unpaired) electrons. The van der Waals surface area contributed by atoms with E-state index in [-0.39, 0.29) is 17.3 Å². The summed E-state index contributed by atoms with van der Waals surface area (Å²) in [6.07, 6.45) is 4.25. The lowest BCUT2D eigenvalue weighted by atomic mass is 9.87. The van der Waals surface area contributed by atoms with E-state index in [1.165, 1.54) is 29.2 Å². The molecule has 1 saturated heterocycles. The lowest BCUT2D eigenvalue weighted by Crippen LogP contribution is -2.44. The molecule has 11 heteroatoms. The highest BCUT2D eigenvalue weighted by Crippen LogP contribution is 2.41. The number of hydrogen-bond donors (Lipinski definition) is 2. The van der Waals surface area contributed by atoms with E-state index in [4.69, 9.17) is 23.2 Å². The molecular weight excluding hydrogens is 558 g/mol. The van der Waals surface area contributed by atoms with Crippen LogP contribution in [0, 0.1) is 17.8 Å². The number of aliphatic imine (C=N–C) groups is 1. The van der Waals surface area contributed by atoms with Gasteiger partial charge in [0, 0.05) is 48.7 Å². The summed E-state index contributed by atoms with van der Waals surface area (Å²) in [6, 6.07) is 11.5. The molecule has 1 saturated carbocycles. The second-order valence-electron chi connectivity index (χ2n) is 9.93. The first-order chi connectivity index (χ1) is 19.0. The van der Waals surface area contributed by atoms with Gasteiger partial charge in [0.1, 0.15) is 11.0 Å². The number of rotatable bonds is 10. The van der Waals surface area contributed by atoms with Crippen LogP contribution in [0.4, 0.5) is 15.8 Å². The van der Waals surface area contributed by atoms with Gasteiger partial charge in [0.2, 0.25) is 11.8 Å². The predicted octanol–water partition coefficient (Wildman–Crippen LogP) is 5.60. The molecule has 40 heavy (non-hydrogen) atoms. The Morgan fingerprint density at radius 3 is 2.52 bits per heavy atom. The molecule has 2 N–H and O–H groups in total. The van der Waals surface area contributed by atoms with Crippen LogP contribution in [0.5, 0.6) is 0 Å². The molecule has 3 atom stereocenters. The second-order valence-corrected chi connectivity index (χ2v) is 10.8. The Balaban J connectivity index is 1.69. The lowest BCUT2D eigenvalue weighted by Gasteiger charge is -2.27. The molecule has 1 aliphatic heterocycles. The first kappa shape index (κ1) is 29.5. The summed E-state index contributed by atoms with van der Waals surface area (Å²) in [5.41, 5.74) is 0.974. The van der Waals surface area contributed by atoms with Gasteiger partial charge in [0.25, 0.3) is 0 Å². The molecule has 1 aliphatic carbocycles. The van der Waals surface area contributed by atoms with Gasteiger partial charge in [-0.25, -0.2) is 14.2 Å². The Kier molecular flexibility index (Phi) is 9.40. The average Bonchev–Trinajstić information content (AvgIpc) is 3.64. The maximum Gasteiger partial charge on any atom is 0.335 e. The molecule has 2 aromatic rings. The molecule has 2 aromatic carbocycles. The van der Waals surface area contributed by atoms with E-state index in [1.807, 2.05) is 4.90 Å². The van der Waals surface area contributed by atoms with Crippen molar-refractivity contribution in [3.63, 3.8) is 0 Å². The SMILES string of the molecule is C=C(Cl)/N=C\C=C(/F)C1C(C(=O)Nc2cccc(Cl)c2)N(CC2CC2)C[C@H]1C(=O)N(C)c1ccc(C(=O)O)cc1. The number of nitrogens with zero attached hydrogens (tertiary/aromatic N) is 3. The van der Waals surface area contributed by atoms with E-state index in [0.717, 1.165) is 25.1 Å². The van der Waals surface area contributed by atoms with Gasteiger partial charge in [-0.15, -0.1) is 0 Å². The fourth-order valence-electron chi connectivity index (χ4n) is 4.94. The van der Waals surface area contributed by atoms with Gasteiger partial charge < -0.3 is 15.3 Å². The summed E-state index contributed by atoms with van der Waals surface area (Å²) >= 11 is 11.8. The summed E-state index contributed by atoms with van der Waals surface area (Å²) < 4.78 is 15.9. The number of carboxylic acid groups (broad SMARTS) is 1. The summed E-state index contributed by atoms with van der Waals surface area (Å²) in [6.45, 7) is 4.16. The molecule has 210 valence electrons. The van der Waals surface area contributed by atoms with Crippen LogP contribution in [-0.4, -0.2) is 60.2 Å². The van der Waals surface area contributed by atoms with Gasteiger partial charge in [-0.2, -0.15) is 0 Å². The van der Waals surface area contributed by atoms with E-state index < -0.39 is 41.5 Å². The quantitative estimate of drug-likeness (QED) is 0.278. The fourth-order valence-corrected chi connectivity index (χ4v) is 5.18. The number of benzene rings is 2. The molecule has 0 spiro atoms. The van der Waals surface area contributed by atoms with Crippen molar-refractivity contribution >= 4 is 58.6 Å². The van der Waals surface area contributed by atoms with Crippen LogP contribution in [0.25, 0.3) is 0 Å². The van der Waals surface area contributed by atoms with Gasteiger partial charge >= 0.3 is 5.97 Å². The highest BCUT2D eigenvalue weighted by atomic mass is 35.5. The van der Waals surface area contributed by atoms with Crippen LogP contribution >= 0.6 is 23.2 Å². The zero-order valence-corrected chi connectivity index (χ0v) is 23.3. The molecule has 0 aromatic heterocycles. The topological polar surface area (TPSA) is 102 Å². The summed E-state index contributed by atoms with van der Waals surface area (Å²) in [5, 5.41) is 12.4. The number of allylic oxidation sites excluding steroid dienone is 1. The maximum absolute atomic E-state index is 15.9. The number of nitrogens with one attached hydrogen (secondary N) is 1. The zero-order valence-electron chi connectivity index (χ0n) is 21.8. The fraction of sp³-hybridized carbons (Fsp3) is 0.310. The van der Waals surface area contributed by atoms with E-state index in [1.54, 1.807) is 31.3 Å². The molecule has 4 rings (SSSR count). The number of carbonyl (C=O) groups is 3. The predicted molar refractivity (Wildman–Crippen MR) is 155 cm³/mol. The van der Waals surface area contributed by atoms with Crippen LogP contribution < -0.4 is 10.2 Å². The molecule has 1 heterocycles. The summed E-state index contributed by atoms with van der Waals surface area (Å²) in [7, 11) is 1.54. The third-order valence-corrected chi connectivity index (χ3v) is 7.40. The smallest absolute Gasteiger partial charge is 0.335 e. The highest BCUT2D eigenvalue weighted by Gasteiger charge is 2.52. The zero-order chi connectivity index (χ0) is 29.0. The number of amides is 2. The van der Waals surface area contributed by atoms with Gasteiger partial charge in [-0.3, -0.25) is 14.5 Å². The maximum atomic E-state index is 15.9. The van der Waals surface area contributed by atoms with Crippen LogP contribution in [0.3, 0.4) is 0 Å².